The zero-order valence-corrected chi connectivity index (χ0v) is 13.4. The maximum atomic E-state index is 12.8. The van der Waals surface area contributed by atoms with E-state index >= 15 is 0 Å². The molecule has 0 radical (unpaired) electrons. The van der Waals surface area contributed by atoms with E-state index in [1.807, 2.05) is 0 Å². The first-order chi connectivity index (χ1) is 12.0. The molecule has 0 spiro atoms. The summed E-state index contributed by atoms with van der Waals surface area (Å²) in [7, 11) is 0. The Hall–Kier alpha value is -3.34. The lowest BCUT2D eigenvalue weighted by molar-refractivity contribution is 0.0664. The minimum atomic E-state index is -0.444. The standard InChI is InChI=1S/C20H13NO4/c1-11-16(18(23)13-7-3-2-6-12(13)17(11)22)10-21-19(24)14-8-4-5-9-15(14)20(21)25/h2-9H,10H2,1H3. The molecule has 0 aromatic heterocycles. The Kier molecular flexibility index (Phi) is 3.25. The van der Waals surface area contributed by atoms with E-state index in [4.69, 9.17) is 0 Å². The van der Waals surface area contributed by atoms with Crippen LogP contribution in [0.15, 0.2) is 59.7 Å². The summed E-state index contributed by atoms with van der Waals surface area (Å²) in [6.45, 7) is 1.36. The Bertz CT molecular complexity index is 981. The van der Waals surface area contributed by atoms with Gasteiger partial charge in [-0.1, -0.05) is 36.4 Å². The third kappa shape index (κ3) is 2.09. The van der Waals surface area contributed by atoms with Crippen LogP contribution in [0.4, 0.5) is 0 Å². The molecule has 0 bridgehead atoms. The van der Waals surface area contributed by atoms with Gasteiger partial charge in [0.15, 0.2) is 11.6 Å². The fourth-order valence-electron chi connectivity index (χ4n) is 3.28. The van der Waals surface area contributed by atoms with Gasteiger partial charge in [-0.3, -0.25) is 24.1 Å². The molecule has 1 aliphatic carbocycles. The minimum Gasteiger partial charge on any atom is -0.289 e. The van der Waals surface area contributed by atoms with E-state index in [0.717, 1.165) is 4.90 Å². The number of rotatable bonds is 2. The van der Waals surface area contributed by atoms with Gasteiger partial charge in [-0.25, -0.2) is 0 Å². The van der Waals surface area contributed by atoms with Crippen molar-refractivity contribution in [3.05, 3.63) is 81.9 Å². The smallest absolute Gasteiger partial charge is 0.261 e. The molecule has 25 heavy (non-hydrogen) atoms. The Labute approximate surface area is 143 Å². The zero-order chi connectivity index (χ0) is 17.7. The normalized spacial score (nSPS) is 16.4. The minimum absolute atomic E-state index is 0.193. The molecule has 122 valence electrons. The van der Waals surface area contributed by atoms with Crippen molar-refractivity contribution in [2.24, 2.45) is 0 Å². The Balaban J connectivity index is 1.74. The number of hydrogen-bond donors (Lipinski definition) is 0. The van der Waals surface area contributed by atoms with Gasteiger partial charge < -0.3 is 0 Å². The molecule has 2 amide bonds. The first-order valence-electron chi connectivity index (χ1n) is 7.84. The van der Waals surface area contributed by atoms with Crippen molar-refractivity contribution in [3.8, 4) is 0 Å². The van der Waals surface area contributed by atoms with E-state index < -0.39 is 11.8 Å². The molecule has 0 atom stereocenters. The summed E-state index contributed by atoms with van der Waals surface area (Å²) in [6, 6.07) is 13.1. The van der Waals surface area contributed by atoms with Crippen LogP contribution in [-0.2, 0) is 0 Å². The first-order valence-corrected chi connectivity index (χ1v) is 7.84. The predicted molar refractivity (Wildman–Crippen MR) is 89.6 cm³/mol. The van der Waals surface area contributed by atoms with Crippen molar-refractivity contribution in [1.82, 2.24) is 4.90 Å². The summed E-state index contributed by atoms with van der Waals surface area (Å²) in [5.74, 6) is -1.45. The second-order valence-corrected chi connectivity index (χ2v) is 6.05. The molecule has 0 fully saturated rings. The Morgan fingerprint density at radius 1 is 0.680 bits per heavy atom. The van der Waals surface area contributed by atoms with E-state index in [1.54, 1.807) is 55.5 Å². The SMILES string of the molecule is CC1=C(CN2C(=O)c3ccccc3C2=O)C(=O)c2ccccc2C1=O. The topological polar surface area (TPSA) is 71.5 Å². The summed E-state index contributed by atoms with van der Waals surface area (Å²) in [5.41, 5.74) is 1.78. The molecular formula is C20H13NO4. The van der Waals surface area contributed by atoms with Crippen molar-refractivity contribution >= 4 is 23.4 Å². The Morgan fingerprint density at radius 3 is 1.64 bits per heavy atom. The molecule has 2 aromatic carbocycles. The van der Waals surface area contributed by atoms with Crippen LogP contribution in [0.5, 0.6) is 0 Å². The van der Waals surface area contributed by atoms with Crippen LogP contribution in [0.3, 0.4) is 0 Å². The third-order valence-corrected chi connectivity index (χ3v) is 4.68. The molecule has 2 aliphatic rings. The molecule has 0 saturated carbocycles. The summed E-state index contributed by atoms with van der Waals surface area (Å²) < 4.78 is 0. The lowest BCUT2D eigenvalue weighted by atomic mass is 9.84. The van der Waals surface area contributed by atoms with Crippen molar-refractivity contribution in [1.29, 1.82) is 0 Å². The summed E-state index contributed by atoms with van der Waals surface area (Å²) in [4.78, 5) is 51.4. The lowest BCUT2D eigenvalue weighted by Gasteiger charge is -2.22. The molecule has 4 rings (SSSR count). The van der Waals surface area contributed by atoms with Crippen molar-refractivity contribution in [2.75, 3.05) is 6.54 Å². The molecule has 2 aromatic rings. The van der Waals surface area contributed by atoms with Gasteiger partial charge in [0.25, 0.3) is 11.8 Å². The number of allylic oxidation sites excluding steroid dienone is 1. The van der Waals surface area contributed by atoms with Gasteiger partial charge in [-0.2, -0.15) is 0 Å². The van der Waals surface area contributed by atoms with Gasteiger partial charge in [0.05, 0.1) is 17.7 Å². The fraction of sp³-hybridized carbons (Fsp3) is 0.100. The number of benzene rings is 2. The third-order valence-electron chi connectivity index (χ3n) is 4.68. The molecular weight excluding hydrogens is 318 g/mol. The summed E-state index contributed by atoms with van der Waals surface area (Å²) in [6.07, 6.45) is 0. The van der Waals surface area contributed by atoms with Gasteiger partial charge in [0.2, 0.25) is 0 Å². The second-order valence-electron chi connectivity index (χ2n) is 6.05. The highest BCUT2D eigenvalue weighted by molar-refractivity contribution is 6.28. The molecule has 0 N–H and O–H groups in total. The number of imide groups is 1. The van der Waals surface area contributed by atoms with E-state index in [1.165, 1.54) is 0 Å². The first kappa shape index (κ1) is 15.2. The number of ketones is 2. The van der Waals surface area contributed by atoms with Crippen LogP contribution in [-0.4, -0.2) is 34.8 Å². The molecule has 5 heteroatoms. The van der Waals surface area contributed by atoms with Gasteiger partial charge >= 0.3 is 0 Å². The molecule has 0 saturated heterocycles. The second kappa shape index (κ2) is 5.34. The molecule has 5 nitrogen and oxygen atoms in total. The van der Waals surface area contributed by atoms with Crippen LogP contribution in [0.2, 0.25) is 0 Å². The Morgan fingerprint density at radius 2 is 1.12 bits per heavy atom. The van der Waals surface area contributed by atoms with Crippen molar-refractivity contribution in [3.63, 3.8) is 0 Å². The number of hydrogen-bond acceptors (Lipinski definition) is 4. The molecule has 1 heterocycles. The summed E-state index contributed by atoms with van der Waals surface area (Å²) >= 11 is 0. The van der Waals surface area contributed by atoms with Crippen LogP contribution in [0, 0.1) is 0 Å². The van der Waals surface area contributed by atoms with Crippen molar-refractivity contribution < 1.29 is 19.2 Å². The van der Waals surface area contributed by atoms with Crippen LogP contribution in [0.25, 0.3) is 0 Å². The van der Waals surface area contributed by atoms with Gasteiger partial charge in [0, 0.05) is 22.3 Å². The average molecular weight is 331 g/mol. The lowest BCUT2D eigenvalue weighted by Crippen LogP contribution is -2.35. The number of carbonyl (C=O) groups excluding carboxylic acids is 4. The largest absolute Gasteiger partial charge is 0.289 e. The highest BCUT2D eigenvalue weighted by Crippen LogP contribution is 2.29. The van der Waals surface area contributed by atoms with E-state index in [2.05, 4.69) is 0 Å². The maximum absolute atomic E-state index is 12.8. The van der Waals surface area contributed by atoms with E-state index in [0.29, 0.717) is 22.3 Å². The average Bonchev–Trinajstić information content (AvgIpc) is 2.88. The molecule has 0 unspecified atom stereocenters. The quantitative estimate of drug-likeness (QED) is 0.793. The fourth-order valence-corrected chi connectivity index (χ4v) is 3.28. The van der Waals surface area contributed by atoms with Crippen LogP contribution in [0.1, 0.15) is 48.4 Å². The number of carbonyl (C=O) groups is 4. The number of Topliss-reactive ketones (excluding diaryl/α,β-unsaturated/α-hetero) is 2. The molecule has 1 aliphatic heterocycles. The van der Waals surface area contributed by atoms with Gasteiger partial charge in [-0.15, -0.1) is 0 Å². The monoisotopic (exact) mass is 331 g/mol. The number of amides is 2. The van der Waals surface area contributed by atoms with Gasteiger partial charge in [0.1, 0.15) is 0 Å². The highest BCUT2D eigenvalue weighted by atomic mass is 16.2. The van der Waals surface area contributed by atoms with E-state index in [-0.39, 0.29) is 29.3 Å². The predicted octanol–water partition coefficient (Wildman–Crippen LogP) is 2.68. The van der Waals surface area contributed by atoms with Gasteiger partial charge in [-0.05, 0) is 19.1 Å². The maximum Gasteiger partial charge on any atom is 0.261 e. The van der Waals surface area contributed by atoms with E-state index in [9.17, 15) is 19.2 Å². The number of fused-ring (bicyclic) bond motifs is 2. The highest BCUT2D eigenvalue weighted by Gasteiger charge is 2.38. The summed E-state index contributed by atoms with van der Waals surface area (Å²) in [5, 5.41) is 0. The number of nitrogens with zero attached hydrogens (tertiary/aromatic N) is 1. The zero-order valence-electron chi connectivity index (χ0n) is 13.4. The van der Waals surface area contributed by atoms with Crippen molar-refractivity contribution in [2.45, 2.75) is 6.92 Å². The van der Waals surface area contributed by atoms with Crippen LogP contribution < -0.4 is 0 Å². The van der Waals surface area contributed by atoms with Crippen LogP contribution >= 0.6 is 0 Å².